The largest absolute Gasteiger partial charge is 0.494 e. The highest BCUT2D eigenvalue weighted by atomic mass is 32.2. The fourth-order valence-electron chi connectivity index (χ4n) is 3.81. The third kappa shape index (κ3) is 4.19. The van der Waals surface area contributed by atoms with E-state index in [1.165, 1.54) is 0 Å². The third-order valence-electron chi connectivity index (χ3n) is 5.40. The Morgan fingerprint density at radius 1 is 0.967 bits per heavy atom. The SMILES string of the molecule is CCCOc1cccc(-c2cccc3c(C(=O)N4CCS(=O)(=O)CC4)cccc23)c1. The van der Waals surface area contributed by atoms with Gasteiger partial charge in [0.2, 0.25) is 0 Å². The number of amides is 1. The Morgan fingerprint density at radius 3 is 2.43 bits per heavy atom. The second kappa shape index (κ2) is 8.48. The van der Waals surface area contributed by atoms with Gasteiger partial charge >= 0.3 is 0 Å². The van der Waals surface area contributed by atoms with Crippen molar-refractivity contribution in [2.75, 3.05) is 31.2 Å². The summed E-state index contributed by atoms with van der Waals surface area (Å²) in [6, 6.07) is 19.6. The van der Waals surface area contributed by atoms with Crippen LogP contribution in [0.25, 0.3) is 21.9 Å². The average molecular weight is 424 g/mol. The summed E-state index contributed by atoms with van der Waals surface area (Å²) in [6.07, 6.45) is 0.946. The molecule has 4 rings (SSSR count). The first kappa shape index (κ1) is 20.4. The van der Waals surface area contributed by atoms with Gasteiger partial charge in [-0.2, -0.15) is 0 Å². The molecule has 1 heterocycles. The zero-order chi connectivity index (χ0) is 21.1. The molecule has 0 atom stereocenters. The number of sulfone groups is 1. The van der Waals surface area contributed by atoms with Crippen molar-refractivity contribution in [3.63, 3.8) is 0 Å². The molecule has 6 heteroatoms. The molecule has 0 aromatic heterocycles. The molecule has 3 aromatic carbocycles. The summed E-state index contributed by atoms with van der Waals surface area (Å²) in [7, 11) is -3.03. The molecule has 0 saturated carbocycles. The van der Waals surface area contributed by atoms with Gasteiger partial charge in [0.05, 0.1) is 18.1 Å². The molecule has 0 N–H and O–H groups in total. The lowest BCUT2D eigenvalue weighted by molar-refractivity contribution is 0.0772. The van der Waals surface area contributed by atoms with E-state index in [1.54, 1.807) is 4.90 Å². The maximum absolute atomic E-state index is 13.2. The van der Waals surface area contributed by atoms with E-state index >= 15 is 0 Å². The Bertz CT molecular complexity index is 1170. The summed E-state index contributed by atoms with van der Waals surface area (Å²) in [5.41, 5.74) is 2.67. The summed E-state index contributed by atoms with van der Waals surface area (Å²) in [6.45, 7) is 3.23. The van der Waals surface area contributed by atoms with Gasteiger partial charge in [0.25, 0.3) is 5.91 Å². The topological polar surface area (TPSA) is 63.7 Å². The van der Waals surface area contributed by atoms with Crippen molar-refractivity contribution < 1.29 is 17.9 Å². The van der Waals surface area contributed by atoms with Crippen molar-refractivity contribution in [3.05, 3.63) is 66.2 Å². The number of hydrogen-bond donors (Lipinski definition) is 0. The Balaban J connectivity index is 1.71. The van der Waals surface area contributed by atoms with Crippen molar-refractivity contribution >= 4 is 26.5 Å². The van der Waals surface area contributed by atoms with Crippen LogP contribution in [-0.4, -0.2) is 50.4 Å². The summed E-state index contributed by atoms with van der Waals surface area (Å²) in [4.78, 5) is 14.8. The number of carbonyl (C=O) groups is 1. The first-order chi connectivity index (χ1) is 14.5. The van der Waals surface area contributed by atoms with Crippen LogP contribution in [0.5, 0.6) is 5.75 Å². The Labute approximate surface area is 177 Å². The van der Waals surface area contributed by atoms with E-state index in [9.17, 15) is 13.2 Å². The molecule has 0 bridgehead atoms. The van der Waals surface area contributed by atoms with Crippen LogP contribution in [0.2, 0.25) is 0 Å². The lowest BCUT2D eigenvalue weighted by Crippen LogP contribution is -2.43. The highest BCUT2D eigenvalue weighted by molar-refractivity contribution is 7.91. The molecule has 1 amide bonds. The van der Waals surface area contributed by atoms with Gasteiger partial charge in [-0.25, -0.2) is 8.42 Å². The van der Waals surface area contributed by atoms with Crippen molar-refractivity contribution in [2.24, 2.45) is 0 Å². The number of rotatable bonds is 5. The minimum atomic E-state index is -3.03. The monoisotopic (exact) mass is 423 g/mol. The van der Waals surface area contributed by atoms with Crippen LogP contribution in [0.3, 0.4) is 0 Å². The van der Waals surface area contributed by atoms with Gasteiger partial charge in [-0.15, -0.1) is 0 Å². The predicted octanol–water partition coefficient (Wildman–Crippen LogP) is 4.17. The van der Waals surface area contributed by atoms with Crippen LogP contribution in [-0.2, 0) is 9.84 Å². The van der Waals surface area contributed by atoms with E-state index in [2.05, 4.69) is 6.92 Å². The standard InChI is InChI=1S/C24H25NO4S/c1-2-14-29-19-7-3-6-18(17-19)20-8-4-10-22-21(20)9-5-11-23(22)24(26)25-12-15-30(27,28)16-13-25/h3-11,17H,2,12-16H2,1H3. The minimum Gasteiger partial charge on any atom is -0.494 e. The molecule has 1 aliphatic heterocycles. The van der Waals surface area contributed by atoms with Crippen molar-refractivity contribution in [2.45, 2.75) is 13.3 Å². The molecule has 156 valence electrons. The second-order valence-electron chi connectivity index (χ2n) is 7.53. The molecule has 5 nitrogen and oxygen atoms in total. The number of fused-ring (bicyclic) bond motifs is 1. The molecule has 1 saturated heterocycles. The molecule has 0 unspecified atom stereocenters. The van der Waals surface area contributed by atoms with Crippen LogP contribution in [0.1, 0.15) is 23.7 Å². The highest BCUT2D eigenvalue weighted by Crippen LogP contribution is 2.32. The lowest BCUT2D eigenvalue weighted by atomic mass is 9.95. The molecular formula is C24H25NO4S. The number of carbonyl (C=O) groups excluding carboxylic acids is 1. The first-order valence-corrected chi connectivity index (χ1v) is 12.1. The zero-order valence-corrected chi connectivity index (χ0v) is 17.8. The van der Waals surface area contributed by atoms with E-state index in [-0.39, 0.29) is 30.5 Å². The Hall–Kier alpha value is -2.86. The summed E-state index contributed by atoms with van der Waals surface area (Å²) >= 11 is 0. The van der Waals surface area contributed by atoms with Crippen LogP contribution >= 0.6 is 0 Å². The van der Waals surface area contributed by atoms with Gasteiger partial charge in [0, 0.05) is 18.7 Å². The third-order valence-corrected chi connectivity index (χ3v) is 7.01. The van der Waals surface area contributed by atoms with E-state index in [0.717, 1.165) is 34.1 Å². The maximum atomic E-state index is 13.2. The van der Waals surface area contributed by atoms with Gasteiger partial charge in [0.1, 0.15) is 5.75 Å². The zero-order valence-electron chi connectivity index (χ0n) is 17.0. The van der Waals surface area contributed by atoms with Crippen LogP contribution < -0.4 is 4.74 Å². The Kier molecular flexibility index (Phi) is 5.77. The first-order valence-electron chi connectivity index (χ1n) is 10.2. The van der Waals surface area contributed by atoms with Gasteiger partial charge < -0.3 is 9.64 Å². The molecule has 3 aromatic rings. The van der Waals surface area contributed by atoms with E-state index in [0.29, 0.717) is 12.2 Å². The minimum absolute atomic E-state index is 0.0271. The fraction of sp³-hybridized carbons (Fsp3) is 0.292. The highest BCUT2D eigenvalue weighted by Gasteiger charge is 2.26. The maximum Gasteiger partial charge on any atom is 0.254 e. The lowest BCUT2D eigenvalue weighted by Gasteiger charge is -2.27. The number of hydrogen-bond acceptors (Lipinski definition) is 4. The van der Waals surface area contributed by atoms with Gasteiger partial charge in [-0.1, -0.05) is 49.4 Å². The summed E-state index contributed by atoms with van der Waals surface area (Å²) in [5.74, 6) is 0.763. The van der Waals surface area contributed by atoms with E-state index in [1.807, 2.05) is 60.7 Å². The van der Waals surface area contributed by atoms with E-state index < -0.39 is 9.84 Å². The molecule has 0 radical (unpaired) electrons. The van der Waals surface area contributed by atoms with Crippen LogP contribution in [0.15, 0.2) is 60.7 Å². The number of benzene rings is 3. The molecule has 0 aliphatic carbocycles. The second-order valence-corrected chi connectivity index (χ2v) is 9.83. The molecular weight excluding hydrogens is 398 g/mol. The quantitative estimate of drug-likeness (QED) is 0.618. The van der Waals surface area contributed by atoms with Crippen molar-refractivity contribution in [1.82, 2.24) is 4.90 Å². The number of ether oxygens (including phenoxy) is 1. The summed E-state index contributed by atoms with van der Waals surface area (Å²) in [5, 5.41) is 1.86. The molecule has 30 heavy (non-hydrogen) atoms. The van der Waals surface area contributed by atoms with Gasteiger partial charge in [-0.3, -0.25) is 4.79 Å². The van der Waals surface area contributed by atoms with Crippen LogP contribution in [0, 0.1) is 0 Å². The number of nitrogens with zero attached hydrogens (tertiary/aromatic N) is 1. The Morgan fingerprint density at radius 2 is 1.67 bits per heavy atom. The molecule has 1 aliphatic rings. The van der Waals surface area contributed by atoms with Crippen molar-refractivity contribution in [3.8, 4) is 16.9 Å². The van der Waals surface area contributed by atoms with Gasteiger partial charge in [-0.05, 0) is 46.5 Å². The van der Waals surface area contributed by atoms with Gasteiger partial charge in [0.15, 0.2) is 9.84 Å². The average Bonchev–Trinajstić information content (AvgIpc) is 2.76. The van der Waals surface area contributed by atoms with E-state index in [4.69, 9.17) is 4.74 Å². The fourth-order valence-corrected chi connectivity index (χ4v) is 5.01. The van der Waals surface area contributed by atoms with Crippen molar-refractivity contribution in [1.29, 1.82) is 0 Å². The normalized spacial score (nSPS) is 15.8. The molecule has 0 spiro atoms. The predicted molar refractivity (Wildman–Crippen MR) is 120 cm³/mol. The molecule has 1 fully saturated rings. The smallest absolute Gasteiger partial charge is 0.254 e. The van der Waals surface area contributed by atoms with Crippen LogP contribution in [0.4, 0.5) is 0 Å². The summed E-state index contributed by atoms with van der Waals surface area (Å²) < 4.78 is 29.2.